The fraction of sp³-hybridized carbons (Fsp3) is 0.280. The van der Waals surface area contributed by atoms with Crippen molar-refractivity contribution in [3.05, 3.63) is 59.8 Å². The molecule has 0 amide bonds. The summed E-state index contributed by atoms with van der Waals surface area (Å²) >= 11 is 0. The number of hydrogen-bond donors (Lipinski definition) is 3. The van der Waals surface area contributed by atoms with E-state index < -0.39 is 23.3 Å². The summed E-state index contributed by atoms with van der Waals surface area (Å²) in [6, 6.07) is 5.27. The molecule has 4 N–H and O–H groups in total. The Morgan fingerprint density at radius 3 is 2.61 bits per heavy atom. The molecule has 36 heavy (non-hydrogen) atoms. The van der Waals surface area contributed by atoms with Gasteiger partial charge < -0.3 is 25.7 Å². The van der Waals surface area contributed by atoms with Crippen LogP contribution >= 0.6 is 0 Å². The van der Waals surface area contributed by atoms with Gasteiger partial charge in [-0.2, -0.15) is 0 Å². The second-order valence-corrected chi connectivity index (χ2v) is 9.01. The minimum Gasteiger partial charge on any atom is -0.383 e. The maximum atomic E-state index is 14.5. The molecule has 2 fully saturated rings. The molecule has 0 aliphatic carbocycles. The maximum Gasteiger partial charge on any atom is 0.153 e. The number of halogens is 4. The number of fused-ring (bicyclic) bond motifs is 2. The Kier molecular flexibility index (Phi) is 5.53. The quantitative estimate of drug-likeness (QED) is 0.370. The highest BCUT2D eigenvalue weighted by atomic mass is 19.1. The van der Waals surface area contributed by atoms with Crippen LogP contribution in [0.4, 0.5) is 29.1 Å². The van der Waals surface area contributed by atoms with Crippen molar-refractivity contribution in [1.29, 1.82) is 0 Å². The maximum absolute atomic E-state index is 14.5. The van der Waals surface area contributed by atoms with Gasteiger partial charge >= 0.3 is 0 Å². The number of hydrogen-bond acceptors (Lipinski definition) is 6. The van der Waals surface area contributed by atoms with Crippen LogP contribution in [0.2, 0.25) is 0 Å². The number of H-pyrrole nitrogens is 1. The van der Waals surface area contributed by atoms with Gasteiger partial charge in [-0.15, -0.1) is 0 Å². The summed E-state index contributed by atoms with van der Waals surface area (Å²) in [7, 11) is 0. The molecular weight excluding hydrogens is 476 g/mol. The van der Waals surface area contributed by atoms with Crippen LogP contribution in [0.25, 0.3) is 33.5 Å². The third kappa shape index (κ3) is 3.94. The molecule has 6 rings (SSSR count). The Balaban J connectivity index is 1.57. The number of nitrogens with one attached hydrogen (secondary N) is 2. The Morgan fingerprint density at radius 1 is 1.03 bits per heavy atom. The molecule has 2 aliphatic rings. The number of aromatic amines is 1. The molecule has 2 atom stereocenters. The van der Waals surface area contributed by atoms with Gasteiger partial charge in [0.05, 0.1) is 29.5 Å². The normalized spacial score (nSPS) is 20.1. The van der Waals surface area contributed by atoms with Crippen molar-refractivity contribution in [2.24, 2.45) is 0 Å². The number of morpholine rings is 1. The lowest BCUT2D eigenvalue weighted by atomic mass is 9.95. The van der Waals surface area contributed by atoms with E-state index in [1.807, 2.05) is 4.90 Å². The third-order valence-corrected chi connectivity index (χ3v) is 6.71. The number of nitrogens with two attached hydrogens (primary N) is 1. The van der Waals surface area contributed by atoms with E-state index in [4.69, 9.17) is 10.5 Å². The zero-order chi connectivity index (χ0) is 25.0. The van der Waals surface area contributed by atoms with E-state index in [2.05, 4.69) is 20.3 Å². The number of benzene rings is 2. The van der Waals surface area contributed by atoms with E-state index >= 15 is 0 Å². The lowest BCUT2D eigenvalue weighted by Crippen LogP contribution is -2.58. The van der Waals surface area contributed by atoms with Crippen LogP contribution < -0.4 is 16.0 Å². The van der Waals surface area contributed by atoms with E-state index in [0.29, 0.717) is 36.5 Å². The summed E-state index contributed by atoms with van der Waals surface area (Å²) in [5.74, 6) is -2.82. The molecule has 0 bridgehead atoms. The summed E-state index contributed by atoms with van der Waals surface area (Å²) in [6.45, 7) is 2.39. The second-order valence-electron chi connectivity index (χ2n) is 9.01. The Bertz CT molecular complexity index is 1450. The molecule has 4 heterocycles. The van der Waals surface area contributed by atoms with E-state index in [-0.39, 0.29) is 40.4 Å². The molecule has 0 radical (unpaired) electrons. The largest absolute Gasteiger partial charge is 0.383 e. The van der Waals surface area contributed by atoms with Crippen LogP contribution in [0.5, 0.6) is 0 Å². The molecule has 186 valence electrons. The smallest absolute Gasteiger partial charge is 0.153 e. The number of nitrogens with zero attached hydrogens (tertiary/aromatic N) is 3. The average Bonchev–Trinajstić information content (AvgIpc) is 3.27. The van der Waals surface area contributed by atoms with Crippen LogP contribution in [0.15, 0.2) is 36.5 Å². The lowest BCUT2D eigenvalue weighted by Gasteiger charge is -2.43. The Labute approximate surface area is 203 Å². The first-order valence-electron chi connectivity index (χ1n) is 11.6. The molecular formula is C25H22F4N6O. The Morgan fingerprint density at radius 2 is 1.81 bits per heavy atom. The van der Waals surface area contributed by atoms with Crippen LogP contribution in [-0.2, 0) is 4.74 Å². The third-order valence-electron chi connectivity index (χ3n) is 6.71. The van der Waals surface area contributed by atoms with Crippen LogP contribution in [0.3, 0.4) is 0 Å². The number of piperidine rings is 1. The monoisotopic (exact) mass is 498 g/mol. The van der Waals surface area contributed by atoms with Crippen molar-refractivity contribution in [2.45, 2.75) is 18.6 Å². The van der Waals surface area contributed by atoms with Crippen molar-refractivity contribution >= 4 is 22.5 Å². The SMILES string of the molecule is Nc1ncc(-c2cc(F)cc(F)c2)c(N2CCC3NCCOC3C2)c1-c1nc2c(F)cc(F)cc2[nH]1. The van der Waals surface area contributed by atoms with Gasteiger partial charge in [-0.3, -0.25) is 0 Å². The second kappa shape index (κ2) is 8.75. The number of aromatic nitrogens is 3. The molecule has 2 unspecified atom stereocenters. The van der Waals surface area contributed by atoms with Gasteiger partial charge in [0.2, 0.25) is 0 Å². The molecule has 0 spiro atoms. The number of ether oxygens (including phenoxy) is 1. The molecule has 2 aromatic heterocycles. The molecule has 2 saturated heterocycles. The van der Waals surface area contributed by atoms with E-state index in [1.54, 1.807) is 0 Å². The molecule has 0 saturated carbocycles. The van der Waals surface area contributed by atoms with Gasteiger partial charge in [0, 0.05) is 49.6 Å². The number of imidazole rings is 1. The minimum atomic E-state index is -0.827. The lowest BCUT2D eigenvalue weighted by molar-refractivity contribution is -0.00899. The molecule has 11 heteroatoms. The molecule has 2 aromatic carbocycles. The van der Waals surface area contributed by atoms with Gasteiger partial charge in [0.1, 0.15) is 34.6 Å². The summed E-state index contributed by atoms with van der Waals surface area (Å²) in [5, 5.41) is 3.46. The fourth-order valence-corrected chi connectivity index (χ4v) is 5.14. The first-order valence-corrected chi connectivity index (χ1v) is 11.6. The van der Waals surface area contributed by atoms with Crippen LogP contribution in [0.1, 0.15) is 6.42 Å². The number of rotatable bonds is 3. The van der Waals surface area contributed by atoms with Gasteiger partial charge in [-0.25, -0.2) is 27.5 Å². The van der Waals surface area contributed by atoms with Gasteiger partial charge in [0.25, 0.3) is 0 Å². The topological polar surface area (TPSA) is 92.1 Å². The summed E-state index contributed by atoms with van der Waals surface area (Å²) in [5.41, 5.74) is 7.96. The van der Waals surface area contributed by atoms with E-state index in [0.717, 1.165) is 31.2 Å². The number of anilines is 2. The predicted octanol–water partition coefficient (Wildman–Crippen LogP) is 4.00. The minimum absolute atomic E-state index is 0.0579. The summed E-state index contributed by atoms with van der Waals surface area (Å²) in [6.07, 6.45) is 2.09. The van der Waals surface area contributed by atoms with Crippen molar-refractivity contribution in [3.63, 3.8) is 0 Å². The fourth-order valence-electron chi connectivity index (χ4n) is 5.14. The number of pyridine rings is 1. The van der Waals surface area contributed by atoms with Gasteiger partial charge in [-0.05, 0) is 30.2 Å². The first kappa shape index (κ1) is 22.7. The number of nitrogen functional groups attached to an aromatic ring is 1. The van der Waals surface area contributed by atoms with Gasteiger partial charge in [0.15, 0.2) is 5.82 Å². The van der Waals surface area contributed by atoms with E-state index in [1.165, 1.54) is 18.3 Å². The van der Waals surface area contributed by atoms with Crippen molar-refractivity contribution in [3.8, 4) is 22.5 Å². The highest BCUT2D eigenvalue weighted by Gasteiger charge is 2.35. The van der Waals surface area contributed by atoms with Crippen molar-refractivity contribution < 1.29 is 22.3 Å². The zero-order valence-corrected chi connectivity index (χ0v) is 19.0. The average molecular weight is 498 g/mol. The summed E-state index contributed by atoms with van der Waals surface area (Å²) < 4.78 is 62.7. The van der Waals surface area contributed by atoms with Crippen LogP contribution in [0, 0.1) is 23.3 Å². The standard InChI is InChI=1S/C25H22F4N6O/c26-13-5-12(6-14(27)7-13)16-10-32-24(30)21(25-33-19-9-15(28)8-17(29)22(19)34-25)23(16)35-3-1-18-20(11-35)36-4-2-31-18/h5-10,18,20,31H,1-4,11H2,(H2,30,32)(H,33,34). The van der Waals surface area contributed by atoms with Crippen molar-refractivity contribution in [1.82, 2.24) is 20.3 Å². The van der Waals surface area contributed by atoms with Crippen LogP contribution in [-0.4, -0.2) is 53.3 Å². The Hall–Kier alpha value is -3.70. The zero-order valence-electron chi connectivity index (χ0n) is 19.0. The molecule has 4 aromatic rings. The molecule has 7 nitrogen and oxygen atoms in total. The summed E-state index contributed by atoms with van der Waals surface area (Å²) in [4.78, 5) is 13.6. The predicted molar refractivity (Wildman–Crippen MR) is 127 cm³/mol. The first-order chi connectivity index (χ1) is 17.4. The van der Waals surface area contributed by atoms with Crippen molar-refractivity contribution in [2.75, 3.05) is 36.9 Å². The van der Waals surface area contributed by atoms with Gasteiger partial charge in [-0.1, -0.05) is 0 Å². The highest BCUT2D eigenvalue weighted by Crippen LogP contribution is 2.43. The molecule has 2 aliphatic heterocycles. The van der Waals surface area contributed by atoms with E-state index in [9.17, 15) is 17.6 Å². The highest BCUT2D eigenvalue weighted by molar-refractivity contribution is 5.95.